The fraction of sp³-hybridized carbons (Fsp3) is 0.182. The molecule has 2 aromatic heterocycles. The molecule has 0 saturated carbocycles. The summed E-state index contributed by atoms with van der Waals surface area (Å²) in [6.45, 7) is 1.30. The van der Waals surface area contributed by atoms with Gasteiger partial charge in [-0.15, -0.1) is 0 Å². The molecule has 0 aliphatic carbocycles. The molecule has 3 heterocycles. The lowest BCUT2D eigenvalue weighted by molar-refractivity contribution is -0.108. The van der Waals surface area contributed by atoms with Crippen molar-refractivity contribution in [2.45, 2.75) is 31.0 Å². The molecule has 0 bridgehead atoms. The van der Waals surface area contributed by atoms with Crippen molar-refractivity contribution in [2.24, 2.45) is 0 Å². The molecule has 0 spiro atoms. The first-order valence-electron chi connectivity index (χ1n) is 13.8. The van der Waals surface area contributed by atoms with Crippen LogP contribution in [0.15, 0.2) is 104 Å². The lowest BCUT2D eigenvalue weighted by Gasteiger charge is -2.35. The number of halogens is 2. The number of benzene rings is 3. The van der Waals surface area contributed by atoms with Crippen LogP contribution < -0.4 is 0 Å². The average molecular weight is 738 g/mol. The van der Waals surface area contributed by atoms with Gasteiger partial charge in [-0.05, 0) is 65.9 Å². The topological polar surface area (TPSA) is 119 Å². The monoisotopic (exact) mass is 737 g/mol. The number of carbonyl (C=O) groups is 3. The summed E-state index contributed by atoms with van der Waals surface area (Å²) in [7, 11) is 0. The van der Waals surface area contributed by atoms with Crippen LogP contribution in [0, 0.1) is 3.57 Å². The molecule has 1 fully saturated rings. The molecule has 6 rings (SSSR count). The number of hydrogen-bond donors (Lipinski definition) is 0. The van der Waals surface area contributed by atoms with Gasteiger partial charge in [0, 0.05) is 9.77 Å². The Kier molecular flexibility index (Phi) is 8.83. The van der Waals surface area contributed by atoms with Crippen molar-refractivity contribution in [2.75, 3.05) is 6.61 Å². The number of carbonyl (C=O) groups excluding carboxylic acids is 3. The van der Waals surface area contributed by atoms with Crippen LogP contribution in [-0.2, 0) is 18.9 Å². The van der Waals surface area contributed by atoms with Crippen LogP contribution >= 0.6 is 34.2 Å². The number of ether oxygens (including phenoxy) is 4. The van der Waals surface area contributed by atoms with E-state index in [-0.39, 0.29) is 22.9 Å². The second-order valence-electron chi connectivity index (χ2n) is 10.4. The molecule has 45 heavy (non-hydrogen) atoms. The van der Waals surface area contributed by atoms with Gasteiger partial charge in [-0.25, -0.2) is 24.4 Å². The predicted molar refractivity (Wildman–Crippen MR) is 172 cm³/mol. The quantitative estimate of drug-likeness (QED) is 0.0785. The minimum atomic E-state index is -1.66. The van der Waals surface area contributed by atoms with Crippen LogP contribution in [0.1, 0.15) is 44.2 Å². The maximum Gasteiger partial charge on any atom is 0.338 e. The molecule has 2 unspecified atom stereocenters. The van der Waals surface area contributed by atoms with Gasteiger partial charge >= 0.3 is 17.9 Å². The van der Waals surface area contributed by atoms with Crippen molar-refractivity contribution in [1.29, 1.82) is 0 Å². The Balaban J connectivity index is 1.43. The van der Waals surface area contributed by atoms with Gasteiger partial charge in [-0.3, -0.25) is 0 Å². The molecule has 1 aliphatic heterocycles. The Labute approximate surface area is 276 Å². The molecule has 228 valence electrons. The zero-order chi connectivity index (χ0) is 31.6. The Morgan fingerprint density at radius 3 is 2.02 bits per heavy atom. The maximum absolute atomic E-state index is 13.6. The number of nitrogens with zero attached hydrogens (tertiary/aromatic N) is 3. The summed E-state index contributed by atoms with van der Waals surface area (Å²) in [4.78, 5) is 48.5. The minimum absolute atomic E-state index is 0.226. The van der Waals surface area contributed by atoms with Crippen LogP contribution in [0.25, 0.3) is 11.0 Å². The largest absolute Gasteiger partial charge is 0.459 e. The summed E-state index contributed by atoms with van der Waals surface area (Å²) in [5.41, 5.74) is -0.366. The van der Waals surface area contributed by atoms with Crippen molar-refractivity contribution >= 4 is 63.1 Å². The highest BCUT2D eigenvalue weighted by atomic mass is 127. The highest BCUT2D eigenvalue weighted by molar-refractivity contribution is 14.1. The fourth-order valence-electron chi connectivity index (χ4n) is 5.24. The second kappa shape index (κ2) is 13.0. The summed E-state index contributed by atoms with van der Waals surface area (Å²) in [6, 6.07) is 25.3. The summed E-state index contributed by atoms with van der Waals surface area (Å²) in [5.74, 6) is -1.95. The van der Waals surface area contributed by atoms with Gasteiger partial charge in [-0.2, -0.15) is 0 Å². The first-order valence-corrected chi connectivity index (χ1v) is 15.3. The predicted octanol–water partition coefficient (Wildman–Crippen LogP) is 6.29. The van der Waals surface area contributed by atoms with Crippen molar-refractivity contribution in [3.05, 3.63) is 129 Å². The average Bonchev–Trinajstić information content (AvgIpc) is 3.54. The zero-order valence-corrected chi connectivity index (χ0v) is 26.6. The van der Waals surface area contributed by atoms with Crippen molar-refractivity contribution in [3.63, 3.8) is 0 Å². The van der Waals surface area contributed by atoms with E-state index < -0.39 is 41.9 Å². The maximum atomic E-state index is 13.6. The number of rotatable bonds is 8. The molecular weight excluding hydrogens is 713 g/mol. The van der Waals surface area contributed by atoms with Crippen LogP contribution in [0.4, 0.5) is 0 Å². The van der Waals surface area contributed by atoms with Gasteiger partial charge in [0.05, 0.1) is 22.1 Å². The fourth-order valence-corrected chi connectivity index (χ4v) is 6.43. The number of esters is 3. The smallest absolute Gasteiger partial charge is 0.338 e. The third-order valence-corrected chi connectivity index (χ3v) is 8.52. The molecular formula is C33H25ClIN3O7. The number of aromatic nitrogens is 3. The Bertz CT molecular complexity index is 1860. The van der Waals surface area contributed by atoms with Gasteiger partial charge in [0.25, 0.3) is 0 Å². The Morgan fingerprint density at radius 1 is 0.867 bits per heavy atom. The van der Waals surface area contributed by atoms with E-state index in [1.165, 1.54) is 6.33 Å². The van der Waals surface area contributed by atoms with Crippen LogP contribution in [0.5, 0.6) is 0 Å². The van der Waals surface area contributed by atoms with E-state index in [1.54, 1.807) is 109 Å². The Morgan fingerprint density at radius 2 is 1.42 bits per heavy atom. The third-order valence-electron chi connectivity index (χ3n) is 7.42. The van der Waals surface area contributed by atoms with E-state index in [4.69, 9.17) is 30.5 Å². The SMILES string of the molecule is C[C@@]1(OC(=O)c2ccccc2)C(OC(=O)c2ccccc2)C(COC(=O)c2ccccc2)O[C@H]1n1cc(I)c2c(Cl)ncnc21. The van der Waals surface area contributed by atoms with Gasteiger partial charge in [0.2, 0.25) is 0 Å². The molecule has 5 aromatic rings. The van der Waals surface area contributed by atoms with E-state index in [0.717, 1.165) is 0 Å². The molecule has 4 atom stereocenters. The number of fused-ring (bicyclic) bond motifs is 1. The molecule has 12 heteroatoms. The molecule has 0 N–H and O–H groups in total. The van der Waals surface area contributed by atoms with E-state index in [1.807, 2.05) is 0 Å². The summed E-state index contributed by atoms with van der Waals surface area (Å²) in [5, 5.41) is 0.793. The van der Waals surface area contributed by atoms with E-state index in [2.05, 4.69) is 32.6 Å². The van der Waals surface area contributed by atoms with Crippen molar-refractivity contribution in [1.82, 2.24) is 14.5 Å². The minimum Gasteiger partial charge on any atom is -0.459 e. The standard InChI is InChI=1S/C33H25ClIN3O7/c1-33(45-31(41)22-15-9-4-10-16-22)26(44-30(40)21-13-7-3-8-14-21)24(18-42-29(39)20-11-5-2-6-12-20)43-32(33)38-17-23(35)25-27(34)36-19-37-28(25)38/h2-17,19,24,26,32H,18H2,1H3/t24?,26?,32-,33-/m1/s1. The third kappa shape index (κ3) is 6.15. The van der Waals surface area contributed by atoms with Crippen LogP contribution in [0.3, 0.4) is 0 Å². The van der Waals surface area contributed by atoms with Gasteiger partial charge < -0.3 is 23.5 Å². The molecule has 1 saturated heterocycles. The molecule has 1 aliphatic rings. The lowest BCUT2D eigenvalue weighted by atomic mass is 9.95. The normalized spacial score (nSPS) is 20.9. The summed E-state index contributed by atoms with van der Waals surface area (Å²) < 4.78 is 26.9. The van der Waals surface area contributed by atoms with E-state index >= 15 is 0 Å². The highest BCUT2D eigenvalue weighted by Gasteiger charge is 2.60. The number of hydrogen-bond acceptors (Lipinski definition) is 9. The van der Waals surface area contributed by atoms with Crippen molar-refractivity contribution in [3.8, 4) is 0 Å². The summed E-state index contributed by atoms with van der Waals surface area (Å²) >= 11 is 8.54. The van der Waals surface area contributed by atoms with E-state index in [9.17, 15) is 14.4 Å². The lowest BCUT2D eigenvalue weighted by Crippen LogP contribution is -2.50. The molecule has 3 aromatic carbocycles. The van der Waals surface area contributed by atoms with Gasteiger partial charge in [0.1, 0.15) is 29.8 Å². The van der Waals surface area contributed by atoms with Crippen LogP contribution in [0.2, 0.25) is 5.15 Å². The summed E-state index contributed by atoms with van der Waals surface area (Å²) in [6.07, 6.45) is -0.350. The molecule has 10 nitrogen and oxygen atoms in total. The molecule has 0 radical (unpaired) electrons. The zero-order valence-electron chi connectivity index (χ0n) is 23.7. The Hall–Kier alpha value is -4.33. The van der Waals surface area contributed by atoms with Crippen molar-refractivity contribution < 1.29 is 33.3 Å². The highest BCUT2D eigenvalue weighted by Crippen LogP contribution is 2.46. The van der Waals surface area contributed by atoms with E-state index in [0.29, 0.717) is 20.2 Å². The van der Waals surface area contributed by atoms with Crippen LogP contribution in [-0.4, -0.2) is 56.9 Å². The van der Waals surface area contributed by atoms with Gasteiger partial charge in [-0.1, -0.05) is 66.2 Å². The first-order chi connectivity index (χ1) is 21.8. The molecule has 0 amide bonds. The first kappa shape index (κ1) is 30.7. The second-order valence-corrected chi connectivity index (χ2v) is 11.9. The van der Waals surface area contributed by atoms with Gasteiger partial charge in [0.15, 0.2) is 17.9 Å².